The lowest BCUT2D eigenvalue weighted by Gasteiger charge is -2.29. The van der Waals surface area contributed by atoms with Gasteiger partial charge in [-0.05, 0) is 44.2 Å². The van der Waals surface area contributed by atoms with Crippen LogP contribution >= 0.6 is 0 Å². The maximum Gasteiger partial charge on any atom is 0.261 e. The van der Waals surface area contributed by atoms with Crippen molar-refractivity contribution >= 4 is 16.8 Å². The first kappa shape index (κ1) is 15.1. The van der Waals surface area contributed by atoms with Crippen LogP contribution in [0.5, 0.6) is 0 Å². The smallest absolute Gasteiger partial charge is 0.261 e. The number of benzene rings is 1. The molecule has 1 aliphatic carbocycles. The van der Waals surface area contributed by atoms with Crippen molar-refractivity contribution in [3.8, 4) is 0 Å². The zero-order chi connectivity index (χ0) is 16.5. The van der Waals surface area contributed by atoms with Gasteiger partial charge < -0.3 is 4.90 Å². The molecular weight excluding hydrogens is 302 g/mol. The summed E-state index contributed by atoms with van der Waals surface area (Å²) >= 11 is 0. The molecule has 1 aromatic heterocycles. The quantitative estimate of drug-likeness (QED) is 0.816. The molecule has 0 fully saturated rings. The summed E-state index contributed by atoms with van der Waals surface area (Å²) < 4.78 is 1.53. The molecule has 2 aliphatic rings. The minimum Gasteiger partial charge on any atom is -0.333 e. The van der Waals surface area contributed by atoms with Crippen LogP contribution in [-0.2, 0) is 17.9 Å². The number of amides is 1. The third-order valence-corrected chi connectivity index (χ3v) is 5.01. The second-order valence-corrected chi connectivity index (χ2v) is 6.61. The number of rotatable bonds is 3. The van der Waals surface area contributed by atoms with Crippen molar-refractivity contribution in [2.24, 2.45) is 0 Å². The summed E-state index contributed by atoms with van der Waals surface area (Å²) in [5.74, 6) is 0.703. The van der Waals surface area contributed by atoms with E-state index >= 15 is 0 Å². The summed E-state index contributed by atoms with van der Waals surface area (Å²) in [5, 5.41) is 0.579. The molecule has 0 radical (unpaired) electrons. The van der Waals surface area contributed by atoms with Crippen LogP contribution in [0.25, 0.3) is 10.9 Å². The van der Waals surface area contributed by atoms with E-state index in [2.05, 4.69) is 11.1 Å². The van der Waals surface area contributed by atoms with Crippen LogP contribution in [0.3, 0.4) is 0 Å². The lowest BCUT2D eigenvalue weighted by atomic mass is 9.97. The first-order valence-corrected chi connectivity index (χ1v) is 8.66. The maximum atomic E-state index is 12.6. The van der Waals surface area contributed by atoms with Crippen molar-refractivity contribution in [1.29, 1.82) is 0 Å². The summed E-state index contributed by atoms with van der Waals surface area (Å²) in [7, 11) is 0. The molecule has 1 amide bonds. The van der Waals surface area contributed by atoms with Crippen molar-refractivity contribution in [2.75, 3.05) is 6.54 Å². The Morgan fingerprint density at radius 3 is 2.79 bits per heavy atom. The molecular formula is C19H21N3O2. The van der Waals surface area contributed by atoms with Gasteiger partial charge in [-0.15, -0.1) is 0 Å². The Morgan fingerprint density at radius 1 is 1.08 bits per heavy atom. The van der Waals surface area contributed by atoms with E-state index in [9.17, 15) is 9.59 Å². The Bertz CT molecular complexity index is 882. The first-order chi connectivity index (χ1) is 11.7. The van der Waals surface area contributed by atoms with Gasteiger partial charge in [0.25, 0.3) is 5.56 Å². The molecule has 0 bridgehead atoms. The molecule has 2 heterocycles. The largest absolute Gasteiger partial charge is 0.333 e. The topological polar surface area (TPSA) is 55.2 Å². The van der Waals surface area contributed by atoms with Crippen LogP contribution in [0.2, 0.25) is 0 Å². The number of allylic oxidation sites excluding steroid dienone is 1. The predicted molar refractivity (Wildman–Crippen MR) is 92.6 cm³/mol. The Labute approximate surface area is 140 Å². The molecule has 0 saturated carbocycles. The molecule has 1 aliphatic heterocycles. The maximum absolute atomic E-state index is 12.6. The zero-order valence-electron chi connectivity index (χ0n) is 13.7. The number of para-hydroxylation sites is 1. The number of nitrogens with zero attached hydrogens (tertiary/aromatic N) is 3. The summed E-state index contributed by atoms with van der Waals surface area (Å²) in [6, 6.07) is 7.33. The van der Waals surface area contributed by atoms with Crippen LogP contribution in [0.4, 0.5) is 0 Å². The van der Waals surface area contributed by atoms with Gasteiger partial charge in [0, 0.05) is 6.54 Å². The summed E-state index contributed by atoms with van der Waals surface area (Å²) in [6.07, 6.45) is 8.10. The van der Waals surface area contributed by atoms with E-state index in [1.165, 1.54) is 23.0 Å². The third kappa shape index (κ3) is 2.75. The minimum atomic E-state index is -0.112. The van der Waals surface area contributed by atoms with Gasteiger partial charge in [-0.1, -0.05) is 23.8 Å². The zero-order valence-corrected chi connectivity index (χ0v) is 13.7. The van der Waals surface area contributed by atoms with E-state index in [-0.39, 0.29) is 18.0 Å². The lowest BCUT2D eigenvalue weighted by Crippen LogP contribution is -2.44. The molecule has 0 atom stereocenters. The first-order valence-electron chi connectivity index (χ1n) is 8.66. The number of hydrogen-bond donors (Lipinski definition) is 0. The van der Waals surface area contributed by atoms with E-state index in [0.29, 0.717) is 29.8 Å². The standard InChI is InChI=1S/C19H21N3O2/c23-18-13-22-17(20-16-9-5-4-8-15(16)19(22)24)12-21(18)11-10-14-6-2-1-3-7-14/h4-6,8-9H,1-3,7,10-13H2. The van der Waals surface area contributed by atoms with Crippen LogP contribution in [0, 0.1) is 0 Å². The monoisotopic (exact) mass is 323 g/mol. The Hall–Kier alpha value is -2.43. The lowest BCUT2D eigenvalue weighted by molar-refractivity contribution is -0.134. The van der Waals surface area contributed by atoms with Gasteiger partial charge in [-0.25, -0.2) is 4.98 Å². The minimum absolute atomic E-state index is 0.0121. The van der Waals surface area contributed by atoms with Gasteiger partial charge in [0.05, 0.1) is 17.4 Å². The van der Waals surface area contributed by atoms with Crippen molar-refractivity contribution < 1.29 is 4.79 Å². The SMILES string of the molecule is O=C1Cn2c(nc3ccccc3c2=O)CN1CCC1=CCCCC1. The molecule has 1 aromatic carbocycles. The normalized spacial score (nSPS) is 17.8. The van der Waals surface area contributed by atoms with Crippen molar-refractivity contribution in [3.05, 3.63) is 52.1 Å². The Kier molecular flexibility index (Phi) is 3.92. The third-order valence-electron chi connectivity index (χ3n) is 5.01. The molecule has 0 N–H and O–H groups in total. The average Bonchev–Trinajstić information content (AvgIpc) is 2.62. The van der Waals surface area contributed by atoms with E-state index < -0.39 is 0 Å². The van der Waals surface area contributed by atoms with Crippen LogP contribution in [0.1, 0.15) is 37.9 Å². The Balaban J connectivity index is 1.58. The van der Waals surface area contributed by atoms with Crippen molar-refractivity contribution in [1.82, 2.24) is 14.5 Å². The summed E-state index contributed by atoms with van der Waals surface area (Å²) in [4.78, 5) is 31.5. The highest BCUT2D eigenvalue weighted by molar-refractivity contribution is 5.80. The van der Waals surface area contributed by atoms with Gasteiger partial charge in [0.2, 0.25) is 5.91 Å². The fourth-order valence-electron chi connectivity index (χ4n) is 3.61. The van der Waals surface area contributed by atoms with Crippen molar-refractivity contribution in [2.45, 2.75) is 45.2 Å². The average molecular weight is 323 g/mol. The number of carbonyl (C=O) groups is 1. The predicted octanol–water partition coefficient (Wildman–Crippen LogP) is 2.63. The van der Waals surface area contributed by atoms with E-state index in [4.69, 9.17) is 0 Å². The van der Waals surface area contributed by atoms with Gasteiger partial charge in [0.15, 0.2) is 0 Å². The highest BCUT2D eigenvalue weighted by Gasteiger charge is 2.25. The van der Waals surface area contributed by atoms with Crippen LogP contribution in [0.15, 0.2) is 40.7 Å². The fourth-order valence-corrected chi connectivity index (χ4v) is 3.61. The second kappa shape index (κ2) is 6.23. The van der Waals surface area contributed by atoms with E-state index in [1.807, 2.05) is 23.1 Å². The molecule has 24 heavy (non-hydrogen) atoms. The molecule has 5 heteroatoms. The fraction of sp³-hybridized carbons (Fsp3) is 0.421. The van der Waals surface area contributed by atoms with Crippen LogP contribution in [-0.4, -0.2) is 26.9 Å². The van der Waals surface area contributed by atoms with Crippen molar-refractivity contribution in [3.63, 3.8) is 0 Å². The molecule has 124 valence electrons. The molecule has 5 nitrogen and oxygen atoms in total. The Morgan fingerprint density at radius 2 is 1.96 bits per heavy atom. The van der Waals surface area contributed by atoms with Crippen LogP contribution < -0.4 is 5.56 Å². The molecule has 0 saturated heterocycles. The van der Waals surface area contributed by atoms with E-state index in [1.54, 1.807) is 6.07 Å². The van der Waals surface area contributed by atoms with Gasteiger partial charge >= 0.3 is 0 Å². The van der Waals surface area contributed by atoms with Gasteiger partial charge in [-0.3, -0.25) is 14.2 Å². The highest BCUT2D eigenvalue weighted by atomic mass is 16.2. The number of carbonyl (C=O) groups excluding carboxylic acids is 1. The molecule has 2 aromatic rings. The summed E-state index contributed by atoms with van der Waals surface area (Å²) in [6.45, 7) is 1.24. The summed E-state index contributed by atoms with van der Waals surface area (Å²) in [5.41, 5.74) is 2.06. The van der Waals surface area contributed by atoms with Gasteiger partial charge in [0.1, 0.15) is 12.4 Å². The number of aromatic nitrogens is 2. The van der Waals surface area contributed by atoms with Gasteiger partial charge in [-0.2, -0.15) is 0 Å². The second-order valence-electron chi connectivity index (χ2n) is 6.61. The number of hydrogen-bond acceptors (Lipinski definition) is 3. The molecule has 0 unspecified atom stereocenters. The highest BCUT2D eigenvalue weighted by Crippen LogP contribution is 2.21. The molecule has 4 rings (SSSR count). The number of fused-ring (bicyclic) bond motifs is 2. The molecule has 0 spiro atoms. The van der Waals surface area contributed by atoms with E-state index in [0.717, 1.165) is 19.3 Å².